The van der Waals surface area contributed by atoms with Gasteiger partial charge in [-0.25, -0.2) is 0 Å². The highest BCUT2D eigenvalue weighted by Crippen LogP contribution is 2.21. The third-order valence-electron chi connectivity index (χ3n) is 6.34. The van der Waals surface area contributed by atoms with E-state index in [0.717, 1.165) is 37.1 Å². The summed E-state index contributed by atoms with van der Waals surface area (Å²) in [6.45, 7) is 2.87. The van der Waals surface area contributed by atoms with Crippen LogP contribution in [0.3, 0.4) is 0 Å². The number of furan rings is 1. The highest BCUT2D eigenvalue weighted by Gasteiger charge is 2.24. The molecule has 0 spiro atoms. The van der Waals surface area contributed by atoms with Crippen LogP contribution in [0, 0.1) is 0 Å². The molecular formula is C27H29N3O3. The fourth-order valence-corrected chi connectivity index (χ4v) is 4.31. The molecule has 1 aliphatic carbocycles. The van der Waals surface area contributed by atoms with Crippen LogP contribution in [-0.2, 0) is 30.8 Å². The first-order valence-corrected chi connectivity index (χ1v) is 11.6. The van der Waals surface area contributed by atoms with E-state index < -0.39 is 0 Å². The summed E-state index contributed by atoms with van der Waals surface area (Å²) < 4.78 is 5.55. The van der Waals surface area contributed by atoms with Crippen LogP contribution < -0.4 is 5.32 Å². The smallest absolute Gasteiger partial charge is 0.251 e. The van der Waals surface area contributed by atoms with E-state index >= 15 is 0 Å². The minimum Gasteiger partial charge on any atom is -0.468 e. The number of fused-ring (bicyclic) bond motifs is 1. The Balaban J connectivity index is 1.25. The molecule has 0 radical (unpaired) electrons. The van der Waals surface area contributed by atoms with Crippen molar-refractivity contribution in [3.05, 3.63) is 94.9 Å². The Kier molecular flexibility index (Phi) is 6.26. The van der Waals surface area contributed by atoms with Crippen LogP contribution in [0.4, 0.5) is 0 Å². The number of carbonyl (C=O) groups excluding carboxylic acids is 2. The number of carbonyl (C=O) groups is 2. The highest BCUT2D eigenvalue weighted by atomic mass is 16.3. The maximum atomic E-state index is 13.2. The zero-order valence-corrected chi connectivity index (χ0v) is 18.7. The van der Waals surface area contributed by atoms with Gasteiger partial charge in [0.1, 0.15) is 5.76 Å². The fraction of sp³-hybridized carbons (Fsp3) is 0.333. The van der Waals surface area contributed by atoms with Gasteiger partial charge >= 0.3 is 0 Å². The SMILES string of the molecule is O=C(NC1CC1)c1ccc(CN(CC(=O)N2CCc3ccccc3C2)Cc2ccco2)cc1. The van der Waals surface area contributed by atoms with E-state index in [-0.39, 0.29) is 11.8 Å². The van der Waals surface area contributed by atoms with E-state index in [1.165, 1.54) is 11.1 Å². The normalized spacial score (nSPS) is 15.4. The molecule has 1 aromatic heterocycles. The first-order valence-electron chi connectivity index (χ1n) is 11.6. The van der Waals surface area contributed by atoms with E-state index in [1.54, 1.807) is 6.26 Å². The molecule has 0 saturated heterocycles. The monoisotopic (exact) mass is 443 g/mol. The predicted molar refractivity (Wildman–Crippen MR) is 125 cm³/mol. The van der Waals surface area contributed by atoms with Gasteiger partial charge in [0.2, 0.25) is 5.91 Å². The van der Waals surface area contributed by atoms with Crippen LogP contribution in [0.15, 0.2) is 71.3 Å². The molecule has 2 aliphatic rings. The summed E-state index contributed by atoms with van der Waals surface area (Å²) in [4.78, 5) is 29.5. The molecule has 1 saturated carbocycles. The molecule has 170 valence electrons. The van der Waals surface area contributed by atoms with Gasteiger partial charge in [0.25, 0.3) is 5.91 Å². The molecule has 1 aliphatic heterocycles. The fourth-order valence-electron chi connectivity index (χ4n) is 4.31. The van der Waals surface area contributed by atoms with Crippen molar-refractivity contribution in [2.75, 3.05) is 13.1 Å². The highest BCUT2D eigenvalue weighted by molar-refractivity contribution is 5.94. The minimum atomic E-state index is -0.0166. The second kappa shape index (κ2) is 9.63. The summed E-state index contributed by atoms with van der Waals surface area (Å²) in [6.07, 6.45) is 4.69. The Labute approximate surface area is 194 Å². The topological polar surface area (TPSA) is 65.8 Å². The molecule has 1 fully saturated rings. The van der Waals surface area contributed by atoms with Gasteiger partial charge in [-0.15, -0.1) is 0 Å². The zero-order valence-electron chi connectivity index (χ0n) is 18.7. The summed E-state index contributed by atoms with van der Waals surface area (Å²) in [7, 11) is 0. The van der Waals surface area contributed by atoms with E-state index in [0.29, 0.717) is 37.8 Å². The van der Waals surface area contributed by atoms with Gasteiger partial charge in [0.15, 0.2) is 0 Å². The number of hydrogen-bond donors (Lipinski definition) is 1. The lowest BCUT2D eigenvalue weighted by Crippen LogP contribution is -2.42. The molecule has 1 N–H and O–H groups in total. The standard InChI is InChI=1S/C27H29N3O3/c31-26(30-14-13-21-4-1-2-5-23(21)17-30)19-29(18-25-6-3-15-33-25)16-20-7-9-22(10-8-20)27(32)28-24-11-12-24/h1-10,15,24H,11-14,16-19H2,(H,28,32). The van der Waals surface area contributed by atoms with Gasteiger partial charge in [-0.3, -0.25) is 14.5 Å². The van der Waals surface area contributed by atoms with Crippen molar-refractivity contribution in [3.8, 4) is 0 Å². The molecule has 2 aromatic carbocycles. The Bertz CT molecular complexity index is 1100. The van der Waals surface area contributed by atoms with Crippen molar-refractivity contribution < 1.29 is 14.0 Å². The van der Waals surface area contributed by atoms with Crippen molar-refractivity contribution >= 4 is 11.8 Å². The molecule has 2 amide bonds. The lowest BCUT2D eigenvalue weighted by molar-refractivity contribution is -0.133. The van der Waals surface area contributed by atoms with Gasteiger partial charge in [-0.2, -0.15) is 0 Å². The van der Waals surface area contributed by atoms with E-state index in [9.17, 15) is 9.59 Å². The van der Waals surface area contributed by atoms with Crippen LogP contribution in [0.1, 0.15) is 45.7 Å². The van der Waals surface area contributed by atoms with Crippen molar-refractivity contribution in [1.29, 1.82) is 0 Å². The molecule has 0 unspecified atom stereocenters. The summed E-state index contributed by atoms with van der Waals surface area (Å²) in [5.41, 5.74) is 4.29. The number of hydrogen-bond acceptors (Lipinski definition) is 4. The van der Waals surface area contributed by atoms with Crippen LogP contribution >= 0.6 is 0 Å². The molecule has 3 aromatic rings. The van der Waals surface area contributed by atoms with Crippen LogP contribution in [0.25, 0.3) is 0 Å². The summed E-state index contributed by atoms with van der Waals surface area (Å²) in [5.74, 6) is 0.931. The summed E-state index contributed by atoms with van der Waals surface area (Å²) in [5, 5.41) is 3.02. The van der Waals surface area contributed by atoms with Crippen molar-refractivity contribution in [1.82, 2.24) is 15.1 Å². The molecule has 33 heavy (non-hydrogen) atoms. The second-order valence-electron chi connectivity index (χ2n) is 9.00. The molecule has 6 heteroatoms. The molecule has 0 bridgehead atoms. The minimum absolute atomic E-state index is 0.0166. The zero-order chi connectivity index (χ0) is 22.6. The lowest BCUT2D eigenvalue weighted by Gasteiger charge is -2.31. The molecule has 6 nitrogen and oxygen atoms in total. The number of amides is 2. The Morgan fingerprint density at radius 3 is 2.48 bits per heavy atom. The van der Waals surface area contributed by atoms with Crippen molar-refractivity contribution in [2.24, 2.45) is 0 Å². The lowest BCUT2D eigenvalue weighted by atomic mass is 10.00. The number of benzene rings is 2. The molecule has 0 atom stereocenters. The van der Waals surface area contributed by atoms with Crippen LogP contribution in [0.2, 0.25) is 0 Å². The Hall–Kier alpha value is -3.38. The predicted octanol–water partition coefficient (Wildman–Crippen LogP) is 3.76. The average molecular weight is 444 g/mol. The van der Waals surface area contributed by atoms with Gasteiger partial charge < -0.3 is 14.6 Å². The van der Waals surface area contributed by atoms with E-state index in [4.69, 9.17) is 4.42 Å². The van der Waals surface area contributed by atoms with Crippen LogP contribution in [-0.4, -0.2) is 40.7 Å². The Morgan fingerprint density at radius 2 is 1.76 bits per heavy atom. The molecule has 2 heterocycles. The van der Waals surface area contributed by atoms with E-state index in [1.807, 2.05) is 47.4 Å². The van der Waals surface area contributed by atoms with Gasteiger partial charge in [0.05, 0.1) is 19.4 Å². The third kappa shape index (κ3) is 5.52. The first kappa shape index (κ1) is 21.5. The van der Waals surface area contributed by atoms with Gasteiger partial charge in [0, 0.05) is 31.2 Å². The first-order chi connectivity index (χ1) is 16.1. The number of nitrogens with one attached hydrogen (secondary N) is 1. The molecule has 5 rings (SSSR count). The summed E-state index contributed by atoms with van der Waals surface area (Å²) >= 11 is 0. The largest absolute Gasteiger partial charge is 0.468 e. The maximum Gasteiger partial charge on any atom is 0.251 e. The Morgan fingerprint density at radius 1 is 0.970 bits per heavy atom. The number of nitrogens with zero attached hydrogens (tertiary/aromatic N) is 2. The third-order valence-corrected chi connectivity index (χ3v) is 6.34. The van der Waals surface area contributed by atoms with E-state index in [2.05, 4.69) is 28.4 Å². The number of rotatable bonds is 8. The van der Waals surface area contributed by atoms with Gasteiger partial charge in [-0.1, -0.05) is 36.4 Å². The van der Waals surface area contributed by atoms with Gasteiger partial charge in [-0.05, 0) is 60.2 Å². The van der Waals surface area contributed by atoms with Crippen molar-refractivity contribution in [2.45, 2.75) is 44.9 Å². The molecular weight excluding hydrogens is 414 g/mol. The van der Waals surface area contributed by atoms with Crippen LogP contribution in [0.5, 0.6) is 0 Å². The second-order valence-corrected chi connectivity index (χ2v) is 9.00. The van der Waals surface area contributed by atoms with Crippen molar-refractivity contribution in [3.63, 3.8) is 0 Å². The average Bonchev–Trinajstić information content (AvgIpc) is 3.50. The summed E-state index contributed by atoms with van der Waals surface area (Å²) in [6, 6.07) is 20.1. The quantitative estimate of drug-likeness (QED) is 0.576. The maximum absolute atomic E-state index is 13.2.